The Morgan fingerprint density at radius 2 is 2.00 bits per heavy atom. The van der Waals surface area contributed by atoms with Gasteiger partial charge in [0.25, 0.3) is 0 Å². The summed E-state index contributed by atoms with van der Waals surface area (Å²) in [5.74, 6) is 1.80. The van der Waals surface area contributed by atoms with Gasteiger partial charge in [0, 0.05) is 10.9 Å². The van der Waals surface area contributed by atoms with E-state index in [1.165, 1.54) is 0 Å². The fourth-order valence-electron chi connectivity index (χ4n) is 1.64. The van der Waals surface area contributed by atoms with Gasteiger partial charge in [-0.25, -0.2) is 0 Å². The van der Waals surface area contributed by atoms with Crippen LogP contribution in [-0.4, -0.2) is 12.6 Å². The zero-order valence-electron chi connectivity index (χ0n) is 10.8. The van der Waals surface area contributed by atoms with Gasteiger partial charge in [-0.1, -0.05) is 0 Å². The van der Waals surface area contributed by atoms with Gasteiger partial charge in [0.05, 0.1) is 13.7 Å². The Bertz CT molecular complexity index is 508. The van der Waals surface area contributed by atoms with Crippen molar-refractivity contribution in [1.82, 2.24) is 5.32 Å². The molecule has 1 aromatic carbocycles. The van der Waals surface area contributed by atoms with Gasteiger partial charge in [0.15, 0.2) is 0 Å². The molecule has 0 aliphatic heterocycles. The molecule has 1 N–H and O–H groups in total. The van der Waals surface area contributed by atoms with Crippen LogP contribution in [0.3, 0.4) is 0 Å². The van der Waals surface area contributed by atoms with E-state index < -0.39 is 0 Å². The van der Waals surface area contributed by atoms with Crippen molar-refractivity contribution in [1.29, 1.82) is 0 Å². The molecule has 0 amide bonds. The third-order valence-corrected chi connectivity index (χ3v) is 2.57. The van der Waals surface area contributed by atoms with Gasteiger partial charge in [-0.3, -0.25) is 0 Å². The molecule has 3 heteroatoms. The Kier molecular flexibility index (Phi) is 3.11. The first kappa shape index (κ1) is 12.0. The highest BCUT2D eigenvalue weighted by Gasteiger charge is 2.11. The predicted molar refractivity (Wildman–Crippen MR) is 69.4 cm³/mol. The van der Waals surface area contributed by atoms with E-state index in [4.69, 9.17) is 9.15 Å². The van der Waals surface area contributed by atoms with Gasteiger partial charge in [0.1, 0.15) is 17.1 Å². The minimum absolute atomic E-state index is 0.0939. The first-order valence-electron chi connectivity index (χ1n) is 5.79. The molecule has 92 valence electrons. The number of benzene rings is 1. The summed E-state index contributed by atoms with van der Waals surface area (Å²) in [5.41, 5.74) is 0.993. The molecule has 0 unspecified atom stereocenters. The Hall–Kier alpha value is -1.48. The molecule has 1 heterocycles. The predicted octanol–water partition coefficient (Wildman–Crippen LogP) is 3.33. The highest BCUT2D eigenvalue weighted by molar-refractivity contribution is 5.79. The van der Waals surface area contributed by atoms with Crippen LogP contribution < -0.4 is 10.1 Å². The monoisotopic (exact) mass is 233 g/mol. The minimum Gasteiger partial charge on any atom is -0.497 e. The van der Waals surface area contributed by atoms with Crippen molar-refractivity contribution in [3.05, 3.63) is 30.0 Å². The first-order valence-corrected chi connectivity index (χ1v) is 5.79. The third-order valence-electron chi connectivity index (χ3n) is 2.57. The van der Waals surface area contributed by atoms with Gasteiger partial charge in [-0.2, -0.15) is 0 Å². The lowest BCUT2D eigenvalue weighted by molar-refractivity contribution is 0.395. The fourth-order valence-corrected chi connectivity index (χ4v) is 1.64. The molecule has 0 saturated heterocycles. The second-order valence-electron chi connectivity index (χ2n) is 5.22. The van der Waals surface area contributed by atoms with Gasteiger partial charge >= 0.3 is 0 Å². The SMILES string of the molecule is COc1ccc2oc(CNC(C)(C)C)cc2c1. The summed E-state index contributed by atoms with van der Waals surface area (Å²) in [5, 5.41) is 4.48. The van der Waals surface area contributed by atoms with E-state index in [0.29, 0.717) is 0 Å². The summed E-state index contributed by atoms with van der Waals surface area (Å²) in [4.78, 5) is 0. The number of furan rings is 1. The van der Waals surface area contributed by atoms with Crippen molar-refractivity contribution in [2.75, 3.05) is 7.11 Å². The maximum absolute atomic E-state index is 5.74. The molecule has 0 aliphatic rings. The summed E-state index contributed by atoms with van der Waals surface area (Å²) >= 11 is 0. The molecular formula is C14H19NO2. The van der Waals surface area contributed by atoms with Crippen molar-refractivity contribution in [2.24, 2.45) is 0 Å². The van der Waals surface area contributed by atoms with Crippen LogP contribution in [-0.2, 0) is 6.54 Å². The van der Waals surface area contributed by atoms with Crippen molar-refractivity contribution in [2.45, 2.75) is 32.9 Å². The number of hydrogen-bond acceptors (Lipinski definition) is 3. The molecule has 1 aromatic heterocycles. The number of hydrogen-bond donors (Lipinski definition) is 1. The van der Waals surface area contributed by atoms with Crippen LogP contribution in [0.1, 0.15) is 26.5 Å². The molecule has 0 fully saturated rings. The Labute approximate surface area is 102 Å². The summed E-state index contributed by atoms with van der Waals surface area (Å²) in [6.45, 7) is 7.15. The van der Waals surface area contributed by atoms with E-state index in [-0.39, 0.29) is 5.54 Å². The zero-order chi connectivity index (χ0) is 12.5. The van der Waals surface area contributed by atoms with Crippen LogP contribution in [0.5, 0.6) is 5.75 Å². The molecule has 0 spiro atoms. The molecule has 0 radical (unpaired) electrons. The molecule has 0 atom stereocenters. The van der Waals surface area contributed by atoms with Crippen molar-refractivity contribution < 1.29 is 9.15 Å². The van der Waals surface area contributed by atoms with Gasteiger partial charge in [-0.05, 0) is 45.0 Å². The molecular weight excluding hydrogens is 214 g/mol. The van der Waals surface area contributed by atoms with E-state index in [0.717, 1.165) is 29.0 Å². The largest absolute Gasteiger partial charge is 0.497 e. The summed E-state index contributed by atoms with van der Waals surface area (Å²) in [7, 11) is 1.67. The lowest BCUT2D eigenvalue weighted by atomic mass is 10.1. The number of ether oxygens (including phenoxy) is 1. The summed E-state index contributed by atoms with van der Waals surface area (Å²) in [6.07, 6.45) is 0. The van der Waals surface area contributed by atoms with Crippen molar-refractivity contribution in [3.8, 4) is 5.75 Å². The number of nitrogens with one attached hydrogen (secondary N) is 1. The van der Waals surface area contributed by atoms with Crippen LogP contribution in [0.4, 0.5) is 0 Å². The lowest BCUT2D eigenvalue weighted by Gasteiger charge is -2.19. The number of rotatable bonds is 3. The molecule has 2 rings (SSSR count). The van der Waals surface area contributed by atoms with Crippen LogP contribution in [0, 0.1) is 0 Å². The van der Waals surface area contributed by atoms with E-state index in [1.807, 2.05) is 18.2 Å². The zero-order valence-corrected chi connectivity index (χ0v) is 10.8. The van der Waals surface area contributed by atoms with Crippen molar-refractivity contribution in [3.63, 3.8) is 0 Å². The van der Waals surface area contributed by atoms with Gasteiger partial charge in [-0.15, -0.1) is 0 Å². The fraction of sp³-hybridized carbons (Fsp3) is 0.429. The van der Waals surface area contributed by atoms with Crippen LogP contribution >= 0.6 is 0 Å². The van der Waals surface area contributed by atoms with Crippen LogP contribution in [0.25, 0.3) is 11.0 Å². The average Bonchev–Trinajstić information content (AvgIpc) is 2.66. The highest BCUT2D eigenvalue weighted by Crippen LogP contribution is 2.24. The Morgan fingerprint density at radius 1 is 1.24 bits per heavy atom. The van der Waals surface area contributed by atoms with Crippen LogP contribution in [0.2, 0.25) is 0 Å². The van der Waals surface area contributed by atoms with E-state index in [1.54, 1.807) is 7.11 Å². The minimum atomic E-state index is 0.0939. The highest BCUT2D eigenvalue weighted by atomic mass is 16.5. The molecule has 2 aromatic rings. The summed E-state index contributed by atoms with van der Waals surface area (Å²) in [6, 6.07) is 7.89. The first-order chi connectivity index (χ1) is 7.98. The third kappa shape index (κ3) is 3.01. The second kappa shape index (κ2) is 4.41. The van der Waals surface area contributed by atoms with E-state index in [2.05, 4.69) is 32.2 Å². The number of fused-ring (bicyclic) bond motifs is 1. The maximum Gasteiger partial charge on any atom is 0.134 e. The van der Waals surface area contributed by atoms with E-state index in [9.17, 15) is 0 Å². The molecule has 0 bridgehead atoms. The summed E-state index contributed by atoms with van der Waals surface area (Å²) < 4.78 is 10.9. The quantitative estimate of drug-likeness (QED) is 0.883. The average molecular weight is 233 g/mol. The smallest absolute Gasteiger partial charge is 0.134 e. The molecule has 0 saturated carbocycles. The normalized spacial score (nSPS) is 12.0. The maximum atomic E-state index is 5.74. The Morgan fingerprint density at radius 3 is 2.65 bits per heavy atom. The van der Waals surface area contributed by atoms with Crippen molar-refractivity contribution >= 4 is 11.0 Å². The number of methoxy groups -OCH3 is 1. The van der Waals surface area contributed by atoms with Crippen LogP contribution in [0.15, 0.2) is 28.7 Å². The molecule has 17 heavy (non-hydrogen) atoms. The Balaban J connectivity index is 2.20. The topological polar surface area (TPSA) is 34.4 Å². The molecule has 0 aliphatic carbocycles. The van der Waals surface area contributed by atoms with Gasteiger partial charge in [0.2, 0.25) is 0 Å². The van der Waals surface area contributed by atoms with E-state index >= 15 is 0 Å². The standard InChI is InChI=1S/C14H19NO2/c1-14(2,3)15-9-12-8-10-7-11(16-4)5-6-13(10)17-12/h5-8,15H,9H2,1-4H3. The molecule has 3 nitrogen and oxygen atoms in total. The second-order valence-corrected chi connectivity index (χ2v) is 5.22. The van der Waals surface area contributed by atoms with Gasteiger partial charge < -0.3 is 14.5 Å². The lowest BCUT2D eigenvalue weighted by Crippen LogP contribution is -2.34.